The minimum absolute atomic E-state index is 0.0270. The number of H-pyrrole nitrogens is 1. The maximum absolute atomic E-state index is 11.5. The van der Waals surface area contributed by atoms with Gasteiger partial charge in [-0.2, -0.15) is 5.26 Å². The first-order chi connectivity index (χ1) is 15.8. The molecule has 1 aromatic carbocycles. The first kappa shape index (κ1) is 22.6. The molecule has 2 aromatic rings. The van der Waals surface area contributed by atoms with E-state index in [2.05, 4.69) is 28.1 Å². The molecule has 1 unspecified atom stereocenters. The number of rotatable bonds is 3. The number of carbonyl (C=O) groups excluding carboxylic acids is 1. The maximum Gasteiger partial charge on any atom is 0.244 e. The quantitative estimate of drug-likeness (QED) is 0.624. The fourth-order valence-corrected chi connectivity index (χ4v) is 5.11. The number of nitrogens with zero attached hydrogens (tertiary/aromatic N) is 2. The van der Waals surface area contributed by atoms with Crippen molar-refractivity contribution in [3.8, 4) is 23.8 Å². The number of hydrogen-bond donors (Lipinski definition) is 3. The number of aromatic nitrogens is 2. The molecule has 0 amide bonds. The molecule has 1 saturated carbocycles. The number of benzene rings is 1. The number of carbonyl (C=O) groups is 1. The van der Waals surface area contributed by atoms with E-state index in [9.17, 15) is 15.2 Å². The summed E-state index contributed by atoms with van der Waals surface area (Å²) in [7, 11) is 0. The Morgan fingerprint density at radius 1 is 1.33 bits per heavy atom. The Balaban J connectivity index is 1.91. The Kier molecular flexibility index (Phi) is 6.01. The van der Waals surface area contributed by atoms with Crippen LogP contribution in [0.5, 0.6) is 5.88 Å². The summed E-state index contributed by atoms with van der Waals surface area (Å²) in [4.78, 5) is 11.5. The van der Waals surface area contributed by atoms with Crippen molar-refractivity contribution in [1.82, 2.24) is 10.2 Å². The number of aliphatic hydroxyl groups is 1. The average molecular weight is 445 g/mol. The third-order valence-electron chi connectivity index (χ3n) is 6.73. The van der Waals surface area contributed by atoms with E-state index in [0.717, 1.165) is 35.2 Å². The Morgan fingerprint density at radius 2 is 2.06 bits per heavy atom. The van der Waals surface area contributed by atoms with E-state index in [1.54, 1.807) is 0 Å². The molecule has 4 N–H and O–H groups in total. The van der Waals surface area contributed by atoms with Gasteiger partial charge in [0.15, 0.2) is 0 Å². The first-order valence-corrected chi connectivity index (χ1v) is 11.2. The van der Waals surface area contributed by atoms with Gasteiger partial charge >= 0.3 is 0 Å². The second-order valence-electron chi connectivity index (χ2n) is 9.10. The summed E-state index contributed by atoms with van der Waals surface area (Å²) < 4.78 is 5.69. The number of ether oxygens (including phenoxy) is 1. The summed E-state index contributed by atoms with van der Waals surface area (Å²) in [6, 6.07) is 8.01. The number of hydrogen-bond acceptors (Lipinski definition) is 6. The van der Waals surface area contributed by atoms with Crippen molar-refractivity contribution in [3.63, 3.8) is 0 Å². The number of aryl methyl sites for hydroxylation is 1. The predicted molar refractivity (Wildman–Crippen MR) is 123 cm³/mol. The van der Waals surface area contributed by atoms with E-state index in [0.29, 0.717) is 35.6 Å². The number of allylic oxidation sites excluding steroid dienone is 1. The standard InChI is InChI=1S/C26H28N4O3/c1-15(2)26(22(13-27)24(28)33-25-23(26)16(3)29-30-25)20-11-18(10-19(12-20)14-31)5-4-17-6-8-21(32)9-7-17/h10-12,15,17,31H,6-9,14,28H2,1-3H3,(H,29,30). The molecule has 4 rings (SSSR count). The molecule has 170 valence electrons. The predicted octanol–water partition coefficient (Wildman–Crippen LogP) is 3.35. The lowest BCUT2D eigenvalue weighted by Gasteiger charge is -2.41. The lowest BCUT2D eigenvalue weighted by Crippen LogP contribution is -2.41. The topological polar surface area (TPSA) is 125 Å². The van der Waals surface area contributed by atoms with Gasteiger partial charge in [0.05, 0.1) is 17.6 Å². The lowest BCUT2D eigenvalue weighted by atomic mass is 9.61. The Labute approximate surface area is 193 Å². The number of nitriles is 1. The normalized spacial score (nSPS) is 20.7. The highest BCUT2D eigenvalue weighted by Crippen LogP contribution is 2.52. The maximum atomic E-state index is 11.5. The van der Waals surface area contributed by atoms with Crippen molar-refractivity contribution in [3.05, 3.63) is 57.6 Å². The smallest absolute Gasteiger partial charge is 0.244 e. The minimum atomic E-state index is -0.914. The Hall–Kier alpha value is -3.55. The molecular formula is C26H28N4O3. The third-order valence-corrected chi connectivity index (χ3v) is 6.73. The Morgan fingerprint density at radius 3 is 2.70 bits per heavy atom. The van der Waals surface area contributed by atoms with E-state index >= 15 is 0 Å². The van der Waals surface area contributed by atoms with Crippen LogP contribution < -0.4 is 10.5 Å². The molecule has 2 heterocycles. The summed E-state index contributed by atoms with van der Waals surface area (Å²) in [6.07, 6.45) is 2.72. The molecule has 7 heteroatoms. The molecule has 0 bridgehead atoms. The molecule has 1 aliphatic heterocycles. The van der Waals surface area contributed by atoms with Gasteiger partial charge in [0.1, 0.15) is 17.4 Å². The number of Topliss-reactive ketones (excluding diaryl/α,β-unsaturated/α-hetero) is 1. The highest BCUT2D eigenvalue weighted by atomic mass is 16.5. The van der Waals surface area contributed by atoms with Gasteiger partial charge in [-0.15, -0.1) is 5.10 Å². The van der Waals surface area contributed by atoms with Gasteiger partial charge in [0.2, 0.25) is 11.8 Å². The highest BCUT2D eigenvalue weighted by Gasteiger charge is 2.50. The van der Waals surface area contributed by atoms with Crippen molar-refractivity contribution < 1.29 is 14.6 Å². The number of nitrogens with two attached hydrogens (primary N) is 1. The zero-order valence-corrected chi connectivity index (χ0v) is 19.2. The summed E-state index contributed by atoms with van der Waals surface area (Å²) >= 11 is 0. The van der Waals surface area contributed by atoms with Crippen molar-refractivity contribution in [1.29, 1.82) is 5.26 Å². The van der Waals surface area contributed by atoms with Crippen molar-refractivity contribution in [2.24, 2.45) is 17.6 Å². The van der Waals surface area contributed by atoms with Gasteiger partial charge < -0.3 is 15.6 Å². The second kappa shape index (κ2) is 8.77. The monoisotopic (exact) mass is 444 g/mol. The van der Waals surface area contributed by atoms with Gasteiger partial charge in [-0.05, 0) is 48.9 Å². The molecule has 1 atom stereocenters. The van der Waals surface area contributed by atoms with Crippen LogP contribution in [0.15, 0.2) is 29.7 Å². The van der Waals surface area contributed by atoms with E-state index in [4.69, 9.17) is 10.5 Å². The van der Waals surface area contributed by atoms with Gasteiger partial charge in [0.25, 0.3) is 0 Å². The summed E-state index contributed by atoms with van der Waals surface area (Å²) in [5.41, 5.74) is 9.42. The van der Waals surface area contributed by atoms with E-state index in [1.807, 2.05) is 39.0 Å². The number of fused-ring (bicyclic) bond motifs is 1. The van der Waals surface area contributed by atoms with Gasteiger partial charge in [-0.25, -0.2) is 0 Å². The molecule has 2 aliphatic rings. The van der Waals surface area contributed by atoms with Crippen molar-refractivity contribution in [2.75, 3.05) is 0 Å². The van der Waals surface area contributed by atoms with Crippen LogP contribution in [0.1, 0.15) is 67.5 Å². The largest absolute Gasteiger partial charge is 0.420 e. The summed E-state index contributed by atoms with van der Waals surface area (Å²) in [6.45, 7) is 5.79. The molecule has 0 radical (unpaired) electrons. The van der Waals surface area contributed by atoms with Gasteiger partial charge in [-0.3, -0.25) is 9.89 Å². The highest BCUT2D eigenvalue weighted by molar-refractivity contribution is 5.79. The zero-order chi connectivity index (χ0) is 23.8. The van der Waals surface area contributed by atoms with Crippen molar-refractivity contribution in [2.45, 2.75) is 58.5 Å². The average Bonchev–Trinajstić information content (AvgIpc) is 3.17. The Bertz CT molecular complexity index is 1230. The van der Waals surface area contributed by atoms with Crippen LogP contribution in [0.4, 0.5) is 0 Å². The van der Waals surface area contributed by atoms with Gasteiger partial charge in [-0.1, -0.05) is 31.8 Å². The third kappa shape index (κ3) is 3.79. The lowest BCUT2D eigenvalue weighted by molar-refractivity contribution is -0.120. The van der Waals surface area contributed by atoms with Crippen LogP contribution in [0.2, 0.25) is 0 Å². The van der Waals surface area contributed by atoms with Crippen LogP contribution in [0.3, 0.4) is 0 Å². The molecule has 1 fully saturated rings. The molecular weight excluding hydrogens is 416 g/mol. The first-order valence-electron chi connectivity index (χ1n) is 11.2. The zero-order valence-electron chi connectivity index (χ0n) is 19.2. The molecule has 0 spiro atoms. The van der Waals surface area contributed by atoms with Crippen LogP contribution in [-0.4, -0.2) is 21.1 Å². The van der Waals surface area contributed by atoms with Crippen LogP contribution >= 0.6 is 0 Å². The molecule has 0 saturated heterocycles. The summed E-state index contributed by atoms with van der Waals surface area (Å²) in [5.74, 6) is 7.35. The fraction of sp³-hybridized carbons (Fsp3) is 0.423. The van der Waals surface area contributed by atoms with Crippen LogP contribution in [0.25, 0.3) is 0 Å². The number of nitrogens with one attached hydrogen (secondary N) is 1. The fourth-order valence-electron chi connectivity index (χ4n) is 5.11. The molecule has 1 aromatic heterocycles. The second-order valence-corrected chi connectivity index (χ2v) is 9.10. The van der Waals surface area contributed by atoms with Crippen LogP contribution in [0, 0.1) is 41.9 Å². The molecule has 7 nitrogen and oxygen atoms in total. The number of aromatic amines is 1. The van der Waals surface area contributed by atoms with Gasteiger partial charge in [0, 0.05) is 30.0 Å². The van der Waals surface area contributed by atoms with E-state index in [1.165, 1.54) is 0 Å². The number of aliphatic hydroxyl groups excluding tert-OH is 1. The van der Waals surface area contributed by atoms with Crippen LogP contribution in [-0.2, 0) is 16.8 Å². The molecule has 33 heavy (non-hydrogen) atoms. The minimum Gasteiger partial charge on any atom is -0.420 e. The van der Waals surface area contributed by atoms with E-state index < -0.39 is 5.41 Å². The van der Waals surface area contributed by atoms with Crippen molar-refractivity contribution >= 4 is 5.78 Å². The SMILES string of the molecule is Cc1[nH]nc2c1C(c1cc(C#CC3CCC(=O)CC3)cc(CO)c1)(C(C)C)C(C#N)=C(N)O2. The number of ketones is 1. The summed E-state index contributed by atoms with van der Waals surface area (Å²) in [5, 5.41) is 27.4. The molecule has 1 aliphatic carbocycles. The van der Waals surface area contributed by atoms with E-state index in [-0.39, 0.29) is 24.3 Å².